The molecular formula is C72H87BrClF7N6O14S6. The van der Waals surface area contributed by atoms with Gasteiger partial charge in [0.05, 0.1) is 49.6 Å². The summed E-state index contributed by atoms with van der Waals surface area (Å²) in [7, 11) is -16.5. The molecule has 2 heterocycles. The Morgan fingerprint density at radius 3 is 1.03 bits per heavy atom. The molecule has 0 atom stereocenters. The van der Waals surface area contributed by atoms with Gasteiger partial charge in [0.2, 0.25) is 20.0 Å². The minimum Gasteiger partial charge on any atom is -0.490 e. The second-order valence-electron chi connectivity index (χ2n) is 25.2. The van der Waals surface area contributed by atoms with E-state index in [1.807, 2.05) is 27.7 Å². The summed E-state index contributed by atoms with van der Waals surface area (Å²) < 4.78 is 245. The third-order valence-electron chi connectivity index (χ3n) is 14.7. The largest absolute Gasteiger partial charge is 0.490 e. The summed E-state index contributed by atoms with van der Waals surface area (Å²) in [6.45, 7) is 14.2. The van der Waals surface area contributed by atoms with Crippen LogP contribution in [0.15, 0.2) is 214 Å². The van der Waals surface area contributed by atoms with E-state index in [1.54, 1.807) is 12.1 Å². The van der Waals surface area contributed by atoms with Gasteiger partial charge < -0.3 is 15.6 Å². The lowest BCUT2D eigenvalue weighted by Crippen LogP contribution is -2.41. The molecule has 2 aliphatic heterocycles. The number of piperidine rings is 2. The molecule has 2 aliphatic rings. The summed E-state index contributed by atoms with van der Waals surface area (Å²) in [6.07, 6.45) is 4.21. The number of aliphatic hydroxyl groups excluding tert-OH is 1. The van der Waals surface area contributed by atoms with E-state index in [0.29, 0.717) is 74.7 Å². The summed E-state index contributed by atoms with van der Waals surface area (Å²) in [5.74, 6) is -1.63. The number of hydrogen-bond acceptors (Lipinski definition) is 15. The number of ether oxygens (including phenoxy) is 1. The number of halogens is 9. The lowest BCUT2D eigenvalue weighted by molar-refractivity contribution is 0.113. The molecule has 0 spiro atoms. The van der Waals surface area contributed by atoms with Gasteiger partial charge in [0.1, 0.15) is 52.6 Å². The van der Waals surface area contributed by atoms with Crippen molar-refractivity contribution in [3.63, 3.8) is 0 Å². The van der Waals surface area contributed by atoms with E-state index in [2.05, 4.69) is 34.5 Å². The Bertz CT molecular complexity index is 4720. The van der Waals surface area contributed by atoms with E-state index in [1.165, 1.54) is 139 Å². The van der Waals surface area contributed by atoms with Crippen molar-refractivity contribution in [2.24, 2.45) is 17.8 Å². The van der Waals surface area contributed by atoms with Gasteiger partial charge in [-0.2, -0.15) is 0 Å². The molecule has 588 valence electrons. The van der Waals surface area contributed by atoms with Gasteiger partial charge in [0.15, 0.2) is 0 Å². The molecule has 0 bridgehead atoms. The van der Waals surface area contributed by atoms with Gasteiger partial charge in [-0.1, -0.05) is 57.5 Å². The number of benzene rings is 8. The van der Waals surface area contributed by atoms with Crippen LogP contribution in [0.25, 0.3) is 0 Å². The topological polar surface area (TPSA) is 285 Å². The summed E-state index contributed by atoms with van der Waals surface area (Å²) in [6, 6.07) is 40.8. The van der Waals surface area contributed by atoms with Crippen molar-refractivity contribution >= 4 is 109 Å². The lowest BCUT2D eigenvalue weighted by Gasteiger charge is -2.30. The molecular weight excluding hydrogens is 1610 g/mol. The number of anilines is 4. The zero-order valence-electron chi connectivity index (χ0n) is 59.6. The Labute approximate surface area is 637 Å². The summed E-state index contributed by atoms with van der Waals surface area (Å²) in [5.41, 5.74) is 6.86. The maximum atomic E-state index is 13.3. The molecule has 8 aromatic carbocycles. The average molecular weight is 1700 g/mol. The highest BCUT2D eigenvalue weighted by Gasteiger charge is 2.30. The van der Waals surface area contributed by atoms with E-state index in [9.17, 15) is 81.2 Å². The van der Waals surface area contributed by atoms with Gasteiger partial charge >= 0.3 is 0 Å². The van der Waals surface area contributed by atoms with Crippen molar-refractivity contribution in [3.05, 3.63) is 235 Å². The first-order valence-corrected chi connectivity index (χ1v) is 44.3. The Kier molecular flexibility index (Phi) is 36.6. The molecule has 8 aromatic rings. The Balaban J connectivity index is 0.000000283. The van der Waals surface area contributed by atoms with Crippen LogP contribution < -0.4 is 23.8 Å². The van der Waals surface area contributed by atoms with Gasteiger partial charge in [-0.3, -0.25) is 13.3 Å². The summed E-state index contributed by atoms with van der Waals surface area (Å²) in [4.78, 5) is -0.0469. The van der Waals surface area contributed by atoms with Crippen LogP contribution in [-0.2, 0) is 59.2 Å². The number of nitrogens with zero attached hydrogens (tertiary/aromatic N) is 4. The molecule has 0 aromatic heterocycles. The minimum atomic E-state index is -3.85. The van der Waals surface area contributed by atoms with Crippen molar-refractivity contribution < 1.29 is 91.1 Å². The highest BCUT2D eigenvalue weighted by molar-refractivity contribution is 9.09. The standard InChI is InChI=1S/C22H29FN2O5S2.C16H17F2NO2S.C12H9F2NO2S.C6H4ClFO2S.C6H6FN.C6H13NO3S.C4H9Br/c1-17(2)16-25(19-6-4-18(23)5-7-19)32(28,29)22-10-8-20(9-11-22)30-21-12-14-24(15-13-21)31(3,26)27;1-12(2)11-19(15-7-3-13(17)4-8-15)22(20,21)16-9-5-14(18)6-10-16;13-9-1-5-11(6-2-9)15-18(16,17)12-7-3-10(14)4-8-12;7-11(9,10)6-3-1-5(8)2-4-6;7-5-1-3-6(8)4-2-5;1-11(9,10)7-4-2-6(8)3-5-7;1-4(2)3-5/h4-11,17,21H,12-16H2,1-3H3;3-10,12H,11H2,1-2H3;1-8,15H;1-4H;1-4H,8H2;6,8H,2-5H2,1H3;4H,3H2,1-2H3. The number of sulfonamides is 5. The maximum Gasteiger partial charge on any atom is 0.264 e. The van der Waals surface area contributed by atoms with Gasteiger partial charge in [-0.25, -0.2) is 89.9 Å². The van der Waals surface area contributed by atoms with Crippen LogP contribution in [-0.4, -0.2) is 134 Å². The number of nitrogens with one attached hydrogen (secondary N) is 1. The molecule has 0 radical (unpaired) electrons. The van der Waals surface area contributed by atoms with Crippen molar-refractivity contribution in [1.82, 2.24) is 8.61 Å². The second kappa shape index (κ2) is 42.5. The molecule has 107 heavy (non-hydrogen) atoms. The smallest absolute Gasteiger partial charge is 0.264 e. The fraction of sp³-hybridized carbons (Fsp3) is 0.333. The molecule has 0 saturated carbocycles. The van der Waals surface area contributed by atoms with E-state index in [-0.39, 0.29) is 68.2 Å². The molecule has 4 N–H and O–H groups in total. The number of alkyl halides is 1. The van der Waals surface area contributed by atoms with Gasteiger partial charge in [0.25, 0.3) is 39.1 Å². The van der Waals surface area contributed by atoms with Crippen LogP contribution in [0, 0.1) is 58.5 Å². The first-order chi connectivity index (χ1) is 49.8. The highest BCUT2D eigenvalue weighted by Crippen LogP contribution is 2.30. The van der Waals surface area contributed by atoms with Crippen molar-refractivity contribution in [2.75, 3.05) is 76.2 Å². The van der Waals surface area contributed by atoms with Crippen molar-refractivity contribution in [1.29, 1.82) is 0 Å². The SMILES string of the molecule is CC(C)CBr.CC(C)CN(c1ccc(F)cc1)S(=O)(=O)c1ccc(F)cc1.CC(C)CN(c1ccc(F)cc1)S(=O)(=O)c1ccc(OC2CCN(S(C)(=O)=O)CC2)cc1.CS(=O)(=O)N1CCC(O)CC1.Nc1ccc(F)cc1.O=S(=O)(Cl)c1ccc(F)cc1.O=S(=O)(Nc1ccc(F)cc1)c1ccc(F)cc1. The van der Waals surface area contributed by atoms with Crippen LogP contribution in [0.4, 0.5) is 53.5 Å². The normalized spacial score (nSPS) is 13.9. The predicted octanol–water partition coefficient (Wildman–Crippen LogP) is 14.7. The molecule has 2 saturated heterocycles. The number of rotatable bonds is 19. The predicted molar refractivity (Wildman–Crippen MR) is 409 cm³/mol. The maximum absolute atomic E-state index is 13.3. The first-order valence-electron chi connectivity index (χ1n) is 32.8. The fourth-order valence-electron chi connectivity index (χ4n) is 9.17. The number of aliphatic hydroxyl groups is 1. The van der Waals surface area contributed by atoms with Gasteiger partial charge in [-0.05, 0) is 238 Å². The minimum absolute atomic E-state index is 0.00104. The molecule has 0 unspecified atom stereocenters. The second-order valence-corrected chi connectivity index (χ2v) is 37.8. The molecule has 2 fully saturated rings. The zero-order chi connectivity index (χ0) is 80.3. The summed E-state index contributed by atoms with van der Waals surface area (Å²) >= 11 is 3.31. The fourth-order valence-corrected chi connectivity index (χ4v) is 16.0. The number of nitrogen functional groups attached to an aromatic ring is 1. The third kappa shape index (κ3) is 32.8. The van der Waals surface area contributed by atoms with E-state index in [0.717, 1.165) is 84.0 Å². The lowest BCUT2D eigenvalue weighted by atomic mass is 10.1. The van der Waals surface area contributed by atoms with E-state index < -0.39 is 94.1 Å². The van der Waals surface area contributed by atoms with Crippen LogP contribution in [0.5, 0.6) is 5.75 Å². The Morgan fingerprint density at radius 1 is 0.449 bits per heavy atom. The van der Waals surface area contributed by atoms with Gasteiger partial charge in [-0.15, -0.1) is 0 Å². The van der Waals surface area contributed by atoms with Gasteiger partial charge in [0, 0.05) is 66.7 Å². The molecule has 20 nitrogen and oxygen atoms in total. The Hall–Kier alpha value is -7.38. The van der Waals surface area contributed by atoms with Crippen molar-refractivity contribution in [3.8, 4) is 5.75 Å². The Morgan fingerprint density at radius 2 is 0.729 bits per heavy atom. The molecule has 0 aliphatic carbocycles. The zero-order valence-corrected chi connectivity index (χ0v) is 66.9. The third-order valence-corrected chi connectivity index (χ3v) is 24.9. The molecule has 10 rings (SSSR count). The summed E-state index contributed by atoms with van der Waals surface area (Å²) in [5, 5.41) is 10.2. The number of nitrogens with two attached hydrogens (primary N) is 1. The monoisotopic (exact) mass is 1700 g/mol. The van der Waals surface area contributed by atoms with Crippen LogP contribution in [0.1, 0.15) is 67.2 Å². The first kappa shape index (κ1) is 92.0. The molecule has 35 heteroatoms. The van der Waals surface area contributed by atoms with Crippen molar-refractivity contribution in [2.45, 2.75) is 99.0 Å². The average Bonchev–Trinajstić information content (AvgIpc) is 0.796. The highest BCUT2D eigenvalue weighted by atomic mass is 79.9. The van der Waals surface area contributed by atoms with E-state index >= 15 is 0 Å². The number of hydrogen-bond donors (Lipinski definition) is 3. The van der Waals surface area contributed by atoms with E-state index in [4.69, 9.17) is 26.3 Å². The van der Waals surface area contributed by atoms with Crippen LogP contribution in [0.3, 0.4) is 0 Å². The van der Waals surface area contributed by atoms with Crippen LogP contribution in [0.2, 0.25) is 0 Å². The quantitative estimate of drug-likeness (QED) is 0.0294. The van der Waals surface area contributed by atoms with Crippen LogP contribution >= 0.6 is 26.6 Å². The molecule has 0 amide bonds.